The molecule has 3 aromatic rings. The van der Waals surface area contributed by atoms with Crippen molar-refractivity contribution in [1.82, 2.24) is 9.97 Å². The van der Waals surface area contributed by atoms with E-state index in [1.165, 1.54) is 24.5 Å². The first-order valence-corrected chi connectivity index (χ1v) is 11.1. The fourth-order valence-electron chi connectivity index (χ4n) is 5.20. The quantitative estimate of drug-likeness (QED) is 0.521. The zero-order chi connectivity index (χ0) is 23.9. The van der Waals surface area contributed by atoms with Gasteiger partial charge in [0.1, 0.15) is 11.5 Å². The van der Waals surface area contributed by atoms with Crippen LogP contribution in [0, 0.1) is 24.6 Å². The van der Waals surface area contributed by atoms with Crippen LogP contribution in [-0.4, -0.2) is 21.8 Å². The van der Waals surface area contributed by atoms with Gasteiger partial charge in [0.25, 0.3) is 11.8 Å². The molecule has 33 heavy (non-hydrogen) atoms. The fourth-order valence-corrected chi connectivity index (χ4v) is 5.50. The fraction of sp³-hybridized carbons (Fsp3) is 0.375. The first-order valence-electron chi connectivity index (χ1n) is 10.7. The van der Waals surface area contributed by atoms with Gasteiger partial charge in [-0.1, -0.05) is 17.7 Å². The lowest BCUT2D eigenvalue weighted by Crippen LogP contribution is -2.22. The minimum Gasteiger partial charge on any atom is -0.364 e. The van der Waals surface area contributed by atoms with Crippen LogP contribution in [0.1, 0.15) is 53.2 Å². The molecule has 3 N–H and O–H groups in total. The van der Waals surface area contributed by atoms with E-state index in [9.17, 15) is 22.8 Å². The van der Waals surface area contributed by atoms with Gasteiger partial charge in [-0.15, -0.1) is 0 Å². The van der Waals surface area contributed by atoms with E-state index in [2.05, 4.69) is 9.97 Å². The molecule has 0 bridgehead atoms. The van der Waals surface area contributed by atoms with Crippen molar-refractivity contribution in [3.63, 3.8) is 0 Å². The van der Waals surface area contributed by atoms with E-state index in [-0.39, 0.29) is 40.6 Å². The smallest absolute Gasteiger partial charge is 0.268 e. The highest BCUT2D eigenvalue weighted by Crippen LogP contribution is 2.58. The van der Waals surface area contributed by atoms with E-state index in [0.717, 1.165) is 12.0 Å². The molecule has 0 radical (unpaired) electrons. The topological polar surface area (TPSA) is 88.8 Å². The van der Waals surface area contributed by atoms with E-state index < -0.39 is 17.7 Å². The second-order valence-electron chi connectivity index (χ2n) is 8.62. The van der Waals surface area contributed by atoms with Crippen molar-refractivity contribution in [2.75, 3.05) is 0 Å². The van der Waals surface area contributed by atoms with Gasteiger partial charge < -0.3 is 10.7 Å². The molecule has 2 fully saturated rings. The van der Waals surface area contributed by atoms with Gasteiger partial charge in [-0.3, -0.25) is 14.6 Å². The molecule has 2 aromatic heterocycles. The Morgan fingerprint density at radius 2 is 1.97 bits per heavy atom. The van der Waals surface area contributed by atoms with Crippen LogP contribution in [0.3, 0.4) is 0 Å². The predicted octanol–water partition coefficient (Wildman–Crippen LogP) is 5.35. The third kappa shape index (κ3) is 4.24. The van der Waals surface area contributed by atoms with E-state index >= 15 is 0 Å². The van der Waals surface area contributed by atoms with Gasteiger partial charge in [0.2, 0.25) is 0 Å². The molecule has 0 saturated heterocycles. The molecule has 1 amide bonds. The Hall–Kier alpha value is -2.87. The SMILES string of the molecule is Cc1c(F)ccc(C2CC[C@H]3[C@@H]2CCC3(F)F)c1Cl.NC(=O)c1nccc2[nH]ccc(=O)c12. The molecule has 2 saturated carbocycles. The van der Waals surface area contributed by atoms with Crippen LogP contribution < -0.4 is 11.2 Å². The summed E-state index contributed by atoms with van der Waals surface area (Å²) in [5, 5.41) is 0.656. The molecule has 2 heterocycles. The Morgan fingerprint density at radius 1 is 1.21 bits per heavy atom. The Bertz CT molecular complexity index is 1270. The molecule has 5 nitrogen and oxygen atoms in total. The summed E-state index contributed by atoms with van der Waals surface area (Å²) in [6.07, 6.45) is 4.75. The minimum absolute atomic E-state index is 0.00244. The number of amides is 1. The van der Waals surface area contributed by atoms with Crippen LogP contribution in [0.15, 0.2) is 41.5 Å². The maximum Gasteiger partial charge on any atom is 0.268 e. The number of rotatable bonds is 2. The summed E-state index contributed by atoms with van der Waals surface area (Å²) < 4.78 is 40.9. The van der Waals surface area contributed by atoms with E-state index in [1.807, 2.05) is 0 Å². The number of nitrogens with two attached hydrogens (primary N) is 1. The zero-order valence-corrected chi connectivity index (χ0v) is 18.6. The lowest BCUT2D eigenvalue weighted by molar-refractivity contribution is -0.0409. The molecular formula is C24H23ClF3N3O2. The number of nitrogens with zero attached hydrogens (tertiary/aromatic N) is 1. The van der Waals surface area contributed by atoms with Gasteiger partial charge in [0, 0.05) is 41.4 Å². The number of aromatic amines is 1. The third-order valence-corrected chi connectivity index (χ3v) is 7.33. The molecule has 2 aliphatic rings. The molecule has 1 aromatic carbocycles. The molecule has 174 valence electrons. The summed E-state index contributed by atoms with van der Waals surface area (Å²) in [5.41, 5.74) is 6.67. The predicted molar refractivity (Wildman–Crippen MR) is 120 cm³/mol. The van der Waals surface area contributed by atoms with Crippen LogP contribution in [0.25, 0.3) is 10.9 Å². The number of carbonyl (C=O) groups is 1. The van der Waals surface area contributed by atoms with Crippen molar-refractivity contribution in [3.05, 3.63) is 74.5 Å². The molecule has 2 aliphatic carbocycles. The number of benzene rings is 1. The molecule has 5 rings (SSSR count). The summed E-state index contributed by atoms with van der Waals surface area (Å²) in [6, 6.07) is 6.02. The highest BCUT2D eigenvalue weighted by atomic mass is 35.5. The highest BCUT2D eigenvalue weighted by Gasteiger charge is 2.55. The number of hydrogen-bond donors (Lipinski definition) is 2. The maximum absolute atomic E-state index is 13.7. The first-order chi connectivity index (χ1) is 15.6. The second kappa shape index (κ2) is 8.82. The third-order valence-electron chi connectivity index (χ3n) is 6.83. The van der Waals surface area contributed by atoms with Crippen molar-refractivity contribution in [3.8, 4) is 0 Å². The number of carbonyl (C=O) groups excluding carboxylic acids is 1. The summed E-state index contributed by atoms with van der Waals surface area (Å²) >= 11 is 6.21. The van der Waals surface area contributed by atoms with Gasteiger partial charge in [-0.05, 0) is 55.7 Å². The summed E-state index contributed by atoms with van der Waals surface area (Å²) in [7, 11) is 0. The second-order valence-corrected chi connectivity index (χ2v) is 9.00. The minimum atomic E-state index is -2.53. The van der Waals surface area contributed by atoms with Gasteiger partial charge in [-0.25, -0.2) is 13.2 Å². The molecule has 0 aliphatic heterocycles. The first kappa shape index (κ1) is 23.3. The monoisotopic (exact) mass is 477 g/mol. The largest absolute Gasteiger partial charge is 0.364 e. The average molecular weight is 478 g/mol. The van der Waals surface area contributed by atoms with Crippen molar-refractivity contribution >= 4 is 28.4 Å². The summed E-state index contributed by atoms with van der Waals surface area (Å²) in [4.78, 5) is 29.0. The lowest BCUT2D eigenvalue weighted by Gasteiger charge is -2.22. The number of H-pyrrole nitrogens is 1. The average Bonchev–Trinajstić information content (AvgIpc) is 3.33. The van der Waals surface area contributed by atoms with E-state index in [4.69, 9.17) is 17.3 Å². The molecule has 1 unspecified atom stereocenters. The Labute approximate surface area is 193 Å². The molecule has 3 atom stereocenters. The number of primary amides is 1. The molecule has 0 spiro atoms. The number of hydrogen-bond acceptors (Lipinski definition) is 3. The maximum atomic E-state index is 13.7. The number of halogens is 4. The Kier molecular flexibility index (Phi) is 6.22. The standard InChI is InChI=1S/C15H16ClF3.C9H7N3O2/c1-8-13(17)5-3-11(14(8)16)9-2-4-12-10(9)6-7-15(12,18)19;10-9(14)8-7-5(1-3-12-8)11-4-2-6(7)13/h3,5,9-10,12H,2,4,6-7H2,1H3;1-4H,(H2,10,14)(H,11,13)/t9?,10-,12+;/m1./s1. The van der Waals surface area contributed by atoms with E-state index in [1.54, 1.807) is 19.1 Å². The molecule has 9 heteroatoms. The summed E-state index contributed by atoms with van der Waals surface area (Å²) in [6.45, 7) is 1.64. The van der Waals surface area contributed by atoms with Crippen LogP contribution in [0.4, 0.5) is 13.2 Å². The number of nitrogens with one attached hydrogen (secondary N) is 1. The number of alkyl halides is 2. The van der Waals surface area contributed by atoms with Crippen molar-refractivity contribution in [2.24, 2.45) is 17.6 Å². The lowest BCUT2D eigenvalue weighted by atomic mass is 9.85. The Morgan fingerprint density at radius 3 is 2.70 bits per heavy atom. The highest BCUT2D eigenvalue weighted by molar-refractivity contribution is 6.32. The molecular weight excluding hydrogens is 455 g/mol. The van der Waals surface area contributed by atoms with Crippen LogP contribution >= 0.6 is 11.6 Å². The number of fused-ring (bicyclic) bond motifs is 2. The normalized spacial score (nSPS) is 23.1. The van der Waals surface area contributed by atoms with Gasteiger partial charge >= 0.3 is 0 Å². The van der Waals surface area contributed by atoms with Gasteiger partial charge in [0.05, 0.1) is 10.9 Å². The number of pyridine rings is 2. The van der Waals surface area contributed by atoms with Crippen molar-refractivity contribution in [2.45, 2.75) is 44.4 Å². The number of aromatic nitrogens is 2. The Balaban J connectivity index is 0.000000165. The van der Waals surface area contributed by atoms with E-state index in [0.29, 0.717) is 28.9 Å². The van der Waals surface area contributed by atoms with Crippen LogP contribution in [0.2, 0.25) is 5.02 Å². The van der Waals surface area contributed by atoms with Crippen LogP contribution in [-0.2, 0) is 0 Å². The van der Waals surface area contributed by atoms with Gasteiger partial charge in [-0.2, -0.15) is 0 Å². The zero-order valence-electron chi connectivity index (χ0n) is 17.9. The van der Waals surface area contributed by atoms with Crippen molar-refractivity contribution < 1.29 is 18.0 Å². The van der Waals surface area contributed by atoms with Crippen LogP contribution in [0.5, 0.6) is 0 Å². The summed E-state index contributed by atoms with van der Waals surface area (Å²) in [5.74, 6) is -4.02. The van der Waals surface area contributed by atoms with Gasteiger partial charge in [0.15, 0.2) is 5.43 Å². The van der Waals surface area contributed by atoms with Crippen molar-refractivity contribution in [1.29, 1.82) is 0 Å².